The van der Waals surface area contributed by atoms with Crippen LogP contribution in [0, 0.1) is 0 Å². The van der Waals surface area contributed by atoms with Gasteiger partial charge in [0.25, 0.3) is 5.91 Å². The van der Waals surface area contributed by atoms with Crippen LogP contribution < -0.4 is 14.9 Å². The van der Waals surface area contributed by atoms with Crippen molar-refractivity contribution in [3.05, 3.63) is 86.3 Å². The van der Waals surface area contributed by atoms with Crippen LogP contribution in [0.1, 0.15) is 11.1 Å². The number of sulfonamides is 1. The molecule has 3 aromatic carbocycles. The first-order valence-corrected chi connectivity index (χ1v) is 13.1. The van der Waals surface area contributed by atoms with Gasteiger partial charge in [0.05, 0.1) is 17.7 Å². The van der Waals surface area contributed by atoms with Crippen LogP contribution in [0.15, 0.2) is 75.1 Å². The van der Waals surface area contributed by atoms with Gasteiger partial charge < -0.3 is 9.47 Å². The molecule has 182 valence electrons. The SMILES string of the molecule is O=C(CN(Cc1ccc(Cl)cc1Cl)S(=O)(=O)c1ccc(Br)cc1)N/N=C/c1ccc2c(c1)OCO2. The number of benzene rings is 3. The molecule has 1 aliphatic rings. The second-order valence-corrected chi connectivity index (χ2v) is 11.1. The first-order valence-electron chi connectivity index (χ1n) is 10.1. The molecule has 0 unspecified atom stereocenters. The minimum Gasteiger partial charge on any atom is -0.454 e. The Bertz CT molecular complexity index is 1380. The van der Waals surface area contributed by atoms with E-state index in [1.807, 2.05) is 0 Å². The van der Waals surface area contributed by atoms with E-state index in [1.165, 1.54) is 24.4 Å². The van der Waals surface area contributed by atoms with E-state index in [9.17, 15) is 13.2 Å². The monoisotopic (exact) mass is 597 g/mol. The van der Waals surface area contributed by atoms with Gasteiger partial charge in [-0.25, -0.2) is 13.8 Å². The summed E-state index contributed by atoms with van der Waals surface area (Å²) in [6.07, 6.45) is 1.42. The van der Waals surface area contributed by atoms with Crippen molar-refractivity contribution in [2.75, 3.05) is 13.3 Å². The molecular formula is C23H18BrCl2N3O5S. The molecule has 35 heavy (non-hydrogen) atoms. The molecule has 0 bridgehead atoms. The highest BCUT2D eigenvalue weighted by Crippen LogP contribution is 2.32. The molecule has 1 heterocycles. The third kappa shape index (κ3) is 6.33. The second kappa shape index (κ2) is 11.0. The van der Waals surface area contributed by atoms with Crippen LogP contribution in [-0.2, 0) is 21.4 Å². The number of nitrogens with one attached hydrogen (secondary N) is 1. The van der Waals surface area contributed by atoms with Gasteiger partial charge in [-0.1, -0.05) is 45.2 Å². The summed E-state index contributed by atoms with van der Waals surface area (Å²) >= 11 is 15.5. The topological polar surface area (TPSA) is 97.3 Å². The highest BCUT2D eigenvalue weighted by molar-refractivity contribution is 9.10. The number of nitrogens with zero attached hydrogens (tertiary/aromatic N) is 2. The van der Waals surface area contributed by atoms with E-state index in [4.69, 9.17) is 32.7 Å². The average molecular weight is 599 g/mol. The summed E-state index contributed by atoms with van der Waals surface area (Å²) in [5, 5.41) is 4.63. The fraction of sp³-hybridized carbons (Fsp3) is 0.130. The lowest BCUT2D eigenvalue weighted by Gasteiger charge is -2.22. The molecule has 0 aromatic heterocycles. The van der Waals surface area contributed by atoms with Crippen LogP contribution >= 0.6 is 39.1 Å². The van der Waals surface area contributed by atoms with Crippen molar-refractivity contribution in [1.82, 2.24) is 9.73 Å². The zero-order valence-electron chi connectivity index (χ0n) is 17.9. The number of rotatable bonds is 8. The molecule has 1 aliphatic heterocycles. The zero-order chi connectivity index (χ0) is 25.0. The van der Waals surface area contributed by atoms with Gasteiger partial charge >= 0.3 is 0 Å². The summed E-state index contributed by atoms with van der Waals surface area (Å²) in [5.41, 5.74) is 3.52. The molecule has 0 atom stereocenters. The van der Waals surface area contributed by atoms with Crippen LogP contribution in [0.3, 0.4) is 0 Å². The van der Waals surface area contributed by atoms with Crippen molar-refractivity contribution in [2.24, 2.45) is 5.10 Å². The molecule has 0 radical (unpaired) electrons. The maximum atomic E-state index is 13.4. The molecule has 0 fully saturated rings. The smallest absolute Gasteiger partial charge is 0.255 e. The standard InChI is InChI=1S/C23H18BrCl2N3O5S/c24-17-3-6-19(7-4-17)35(31,32)29(12-16-2-5-18(25)10-20(16)26)13-23(30)28-27-11-15-1-8-21-22(9-15)34-14-33-21/h1-11H,12-14H2,(H,28,30)/b27-11+. The lowest BCUT2D eigenvalue weighted by Crippen LogP contribution is -2.39. The van der Waals surface area contributed by atoms with Gasteiger partial charge in [0.2, 0.25) is 16.8 Å². The van der Waals surface area contributed by atoms with Crippen LogP contribution in [-0.4, -0.2) is 38.2 Å². The Kier molecular flexibility index (Phi) is 7.98. The molecule has 1 amide bonds. The van der Waals surface area contributed by atoms with Crippen LogP contribution in [0.5, 0.6) is 11.5 Å². The number of carbonyl (C=O) groups excluding carboxylic acids is 1. The largest absolute Gasteiger partial charge is 0.454 e. The Labute approximate surface area is 220 Å². The molecule has 0 aliphatic carbocycles. The fourth-order valence-electron chi connectivity index (χ4n) is 3.19. The maximum absolute atomic E-state index is 13.4. The normalized spacial score (nSPS) is 12.9. The van der Waals surface area contributed by atoms with E-state index in [0.717, 1.165) is 8.78 Å². The van der Waals surface area contributed by atoms with E-state index < -0.39 is 22.5 Å². The van der Waals surface area contributed by atoms with E-state index in [2.05, 4.69) is 26.5 Å². The fourth-order valence-corrected chi connectivity index (χ4v) is 5.30. The number of carbonyl (C=O) groups is 1. The summed E-state index contributed by atoms with van der Waals surface area (Å²) in [5.74, 6) is 0.570. The number of hydrazone groups is 1. The number of ether oxygens (including phenoxy) is 2. The third-order valence-electron chi connectivity index (χ3n) is 4.93. The zero-order valence-corrected chi connectivity index (χ0v) is 21.9. The van der Waals surface area contributed by atoms with E-state index in [1.54, 1.807) is 42.5 Å². The van der Waals surface area contributed by atoms with Crippen LogP contribution in [0.25, 0.3) is 0 Å². The molecule has 12 heteroatoms. The highest BCUT2D eigenvalue weighted by Gasteiger charge is 2.27. The van der Waals surface area contributed by atoms with E-state index in [-0.39, 0.29) is 23.3 Å². The van der Waals surface area contributed by atoms with Crippen molar-refractivity contribution in [2.45, 2.75) is 11.4 Å². The number of hydrogen-bond acceptors (Lipinski definition) is 6. The lowest BCUT2D eigenvalue weighted by atomic mass is 10.2. The minimum atomic E-state index is -4.04. The first kappa shape index (κ1) is 25.5. The van der Waals surface area contributed by atoms with Gasteiger partial charge in [0.1, 0.15) is 0 Å². The Morgan fingerprint density at radius 2 is 1.80 bits per heavy atom. The molecule has 1 N–H and O–H groups in total. The number of amides is 1. The van der Waals surface area contributed by atoms with Crippen molar-refractivity contribution in [3.63, 3.8) is 0 Å². The Morgan fingerprint density at radius 1 is 1.06 bits per heavy atom. The van der Waals surface area contributed by atoms with E-state index in [0.29, 0.717) is 27.6 Å². The second-order valence-electron chi connectivity index (χ2n) is 7.37. The van der Waals surface area contributed by atoms with Crippen LogP contribution in [0.4, 0.5) is 0 Å². The molecule has 3 aromatic rings. The van der Waals surface area contributed by atoms with Crippen LogP contribution in [0.2, 0.25) is 10.0 Å². The molecule has 8 nitrogen and oxygen atoms in total. The Balaban J connectivity index is 1.52. The Hall–Kier alpha value is -2.63. The van der Waals surface area contributed by atoms with Gasteiger partial charge in [-0.05, 0) is 65.7 Å². The Morgan fingerprint density at radius 3 is 2.54 bits per heavy atom. The first-order chi connectivity index (χ1) is 16.7. The number of halogens is 3. The van der Waals surface area contributed by atoms with E-state index >= 15 is 0 Å². The summed E-state index contributed by atoms with van der Waals surface area (Å²) in [6, 6.07) is 16.0. The maximum Gasteiger partial charge on any atom is 0.255 e. The number of fused-ring (bicyclic) bond motifs is 1. The molecule has 0 spiro atoms. The average Bonchev–Trinajstić information content (AvgIpc) is 3.28. The van der Waals surface area contributed by atoms with Gasteiger partial charge in [-0.2, -0.15) is 9.41 Å². The van der Waals surface area contributed by atoms with Gasteiger partial charge in [0, 0.05) is 21.1 Å². The number of hydrogen-bond donors (Lipinski definition) is 1. The summed E-state index contributed by atoms with van der Waals surface area (Å²) in [4.78, 5) is 12.7. The molecule has 4 rings (SSSR count). The molecular weight excluding hydrogens is 581 g/mol. The summed E-state index contributed by atoms with van der Waals surface area (Å²) < 4.78 is 39.0. The minimum absolute atomic E-state index is 0.0300. The predicted octanol–water partition coefficient (Wildman–Crippen LogP) is 4.83. The van der Waals surface area contributed by atoms with Gasteiger partial charge in [0.15, 0.2) is 11.5 Å². The van der Waals surface area contributed by atoms with Crippen molar-refractivity contribution in [1.29, 1.82) is 0 Å². The highest BCUT2D eigenvalue weighted by atomic mass is 79.9. The van der Waals surface area contributed by atoms with Gasteiger partial charge in [-0.15, -0.1) is 0 Å². The predicted molar refractivity (Wildman–Crippen MR) is 137 cm³/mol. The third-order valence-corrected chi connectivity index (χ3v) is 7.85. The lowest BCUT2D eigenvalue weighted by molar-refractivity contribution is -0.121. The van der Waals surface area contributed by atoms with Crippen molar-refractivity contribution in [3.8, 4) is 11.5 Å². The molecule has 0 saturated heterocycles. The molecule has 0 saturated carbocycles. The quantitative estimate of drug-likeness (QED) is 0.296. The summed E-state index contributed by atoms with van der Waals surface area (Å²) in [7, 11) is -4.04. The van der Waals surface area contributed by atoms with Crippen molar-refractivity contribution >= 4 is 61.3 Å². The van der Waals surface area contributed by atoms with Gasteiger partial charge in [-0.3, -0.25) is 4.79 Å². The summed E-state index contributed by atoms with van der Waals surface area (Å²) in [6.45, 7) is -0.490. The van der Waals surface area contributed by atoms with Crippen molar-refractivity contribution < 1.29 is 22.7 Å².